The van der Waals surface area contributed by atoms with E-state index in [1.165, 1.54) is 17.1 Å². The van der Waals surface area contributed by atoms with Gasteiger partial charge in [0.15, 0.2) is 0 Å². The summed E-state index contributed by atoms with van der Waals surface area (Å²) in [4.78, 5) is 1.10. The number of aromatic nitrogens is 1. The van der Waals surface area contributed by atoms with Gasteiger partial charge in [0, 0.05) is 12.3 Å². The van der Waals surface area contributed by atoms with Gasteiger partial charge in [-0.1, -0.05) is 30.3 Å². The molecule has 0 saturated heterocycles. The molecule has 2 heteroatoms. The molecule has 11 heavy (non-hydrogen) atoms. The highest BCUT2D eigenvalue weighted by Gasteiger charge is 1.96. The molecule has 1 nitrogen and oxygen atoms in total. The Bertz CT molecular complexity index is 313. The van der Waals surface area contributed by atoms with Crippen molar-refractivity contribution < 1.29 is 0 Å². The highest BCUT2D eigenvalue weighted by molar-refractivity contribution is 7.09. The van der Waals surface area contributed by atoms with Crippen molar-refractivity contribution >= 4 is 11.5 Å². The molecule has 0 N–H and O–H groups in total. The van der Waals surface area contributed by atoms with E-state index in [2.05, 4.69) is 22.6 Å². The third kappa shape index (κ3) is 1.30. The monoisotopic (exact) mass is 160 g/mol. The summed E-state index contributed by atoms with van der Waals surface area (Å²) >= 11 is 1.47. The summed E-state index contributed by atoms with van der Waals surface area (Å²) in [6.07, 6.45) is 1.70. The van der Waals surface area contributed by atoms with E-state index in [4.69, 9.17) is 0 Å². The first-order chi connectivity index (χ1) is 5.47. The van der Waals surface area contributed by atoms with Crippen LogP contribution in [0.1, 0.15) is 0 Å². The Morgan fingerprint density at radius 2 is 2.00 bits per heavy atom. The molecule has 0 spiro atoms. The summed E-state index contributed by atoms with van der Waals surface area (Å²) in [6, 6.07) is 13.2. The molecule has 1 aromatic heterocycles. The Morgan fingerprint density at radius 1 is 1.18 bits per heavy atom. The Kier molecular flexibility index (Phi) is 1.69. The third-order valence-corrected chi connectivity index (χ3v) is 2.18. The van der Waals surface area contributed by atoms with Gasteiger partial charge in [0.1, 0.15) is 0 Å². The fourth-order valence-corrected chi connectivity index (χ4v) is 1.47. The molecular weight excluding hydrogens is 154 g/mol. The minimum absolute atomic E-state index is 1.10. The topological polar surface area (TPSA) is 12.9 Å². The molecule has 2 rings (SSSR count). The summed E-state index contributed by atoms with van der Waals surface area (Å²) in [5.74, 6) is 0. The predicted molar refractivity (Wildman–Crippen MR) is 46.4 cm³/mol. The average molecular weight is 160 g/mol. The maximum absolute atomic E-state index is 3.98. The van der Waals surface area contributed by atoms with E-state index in [-0.39, 0.29) is 0 Å². The Morgan fingerprint density at radius 3 is 2.64 bits per heavy atom. The molecular formula is C9H6NS. The van der Waals surface area contributed by atoms with Crippen molar-refractivity contribution in [3.8, 4) is 10.4 Å². The van der Waals surface area contributed by atoms with Crippen LogP contribution in [0.5, 0.6) is 0 Å². The number of hydrogen-bond acceptors (Lipinski definition) is 2. The van der Waals surface area contributed by atoms with Crippen LogP contribution in [0.15, 0.2) is 36.5 Å². The summed E-state index contributed by atoms with van der Waals surface area (Å²) in [5, 5.41) is 0. The zero-order valence-electron chi connectivity index (χ0n) is 5.82. The molecule has 1 aromatic carbocycles. The summed E-state index contributed by atoms with van der Waals surface area (Å²) in [7, 11) is 0. The molecule has 0 aliphatic heterocycles. The van der Waals surface area contributed by atoms with Gasteiger partial charge in [-0.25, -0.2) is 0 Å². The number of rotatable bonds is 1. The smallest absolute Gasteiger partial charge is 0.0629 e. The van der Waals surface area contributed by atoms with Gasteiger partial charge >= 0.3 is 0 Å². The predicted octanol–water partition coefficient (Wildman–Crippen LogP) is 2.61. The molecule has 2 aromatic rings. The molecule has 0 amide bonds. The van der Waals surface area contributed by atoms with E-state index in [9.17, 15) is 0 Å². The molecule has 0 bridgehead atoms. The molecule has 1 radical (unpaired) electrons. The minimum Gasteiger partial charge on any atom is -0.200 e. The largest absolute Gasteiger partial charge is 0.200 e. The lowest BCUT2D eigenvalue weighted by Gasteiger charge is -1.91. The number of hydrogen-bond donors (Lipinski definition) is 0. The normalized spacial score (nSPS) is 9.82. The lowest BCUT2D eigenvalue weighted by molar-refractivity contribution is 1.57. The van der Waals surface area contributed by atoms with Gasteiger partial charge in [-0.15, -0.1) is 0 Å². The summed E-state index contributed by atoms with van der Waals surface area (Å²) in [6.45, 7) is 0. The van der Waals surface area contributed by atoms with Crippen LogP contribution in [0.25, 0.3) is 10.4 Å². The van der Waals surface area contributed by atoms with Gasteiger partial charge in [-0.05, 0) is 17.1 Å². The SMILES string of the molecule is [c]1cnsc1-c1ccccc1. The molecule has 0 aliphatic rings. The average Bonchev–Trinajstić information content (AvgIpc) is 2.58. The van der Waals surface area contributed by atoms with Gasteiger partial charge in [0.25, 0.3) is 0 Å². The molecule has 53 valence electrons. The van der Waals surface area contributed by atoms with Crippen LogP contribution in [0, 0.1) is 6.07 Å². The van der Waals surface area contributed by atoms with Crippen molar-refractivity contribution in [1.29, 1.82) is 0 Å². The Balaban J connectivity index is 2.46. The van der Waals surface area contributed by atoms with Gasteiger partial charge in [-0.3, -0.25) is 0 Å². The first-order valence-corrected chi connectivity index (χ1v) is 4.12. The number of benzene rings is 1. The van der Waals surface area contributed by atoms with Gasteiger partial charge in [0.05, 0.1) is 4.88 Å². The number of nitrogens with zero attached hydrogens (tertiary/aromatic N) is 1. The highest BCUT2D eigenvalue weighted by Crippen LogP contribution is 2.20. The summed E-state index contributed by atoms with van der Waals surface area (Å²) < 4.78 is 3.98. The Labute approximate surface area is 69.5 Å². The van der Waals surface area contributed by atoms with Crippen LogP contribution in [-0.2, 0) is 0 Å². The fourth-order valence-electron chi connectivity index (χ4n) is 0.916. The van der Waals surface area contributed by atoms with Crippen LogP contribution in [0.3, 0.4) is 0 Å². The van der Waals surface area contributed by atoms with E-state index in [0.717, 1.165) is 4.88 Å². The molecule has 0 fully saturated rings. The first kappa shape index (κ1) is 6.55. The van der Waals surface area contributed by atoms with Crippen LogP contribution in [0.4, 0.5) is 0 Å². The van der Waals surface area contributed by atoms with Crippen molar-refractivity contribution in [2.75, 3.05) is 0 Å². The molecule has 0 unspecified atom stereocenters. The molecule has 0 atom stereocenters. The standard InChI is InChI=1S/C9H6NS/c1-2-4-8(5-3-1)9-6-7-10-11-9/h1-5,7H. The lowest BCUT2D eigenvalue weighted by atomic mass is 10.2. The molecule has 0 saturated carbocycles. The van der Waals surface area contributed by atoms with Crippen LogP contribution >= 0.6 is 11.5 Å². The zero-order chi connectivity index (χ0) is 7.52. The lowest BCUT2D eigenvalue weighted by Crippen LogP contribution is -1.67. The van der Waals surface area contributed by atoms with Crippen molar-refractivity contribution in [1.82, 2.24) is 4.37 Å². The first-order valence-electron chi connectivity index (χ1n) is 3.34. The Hall–Kier alpha value is -1.15. The van der Waals surface area contributed by atoms with E-state index >= 15 is 0 Å². The van der Waals surface area contributed by atoms with Crippen molar-refractivity contribution in [3.05, 3.63) is 42.6 Å². The second-order valence-corrected chi connectivity index (χ2v) is 2.97. The third-order valence-electron chi connectivity index (χ3n) is 1.43. The highest BCUT2D eigenvalue weighted by atomic mass is 32.1. The zero-order valence-corrected chi connectivity index (χ0v) is 6.64. The minimum atomic E-state index is 1.10. The van der Waals surface area contributed by atoms with Crippen molar-refractivity contribution in [2.45, 2.75) is 0 Å². The van der Waals surface area contributed by atoms with Crippen molar-refractivity contribution in [3.63, 3.8) is 0 Å². The van der Waals surface area contributed by atoms with Crippen molar-refractivity contribution in [2.24, 2.45) is 0 Å². The van der Waals surface area contributed by atoms with Gasteiger partial charge < -0.3 is 0 Å². The molecule has 1 heterocycles. The second kappa shape index (κ2) is 2.84. The van der Waals surface area contributed by atoms with E-state index in [1.807, 2.05) is 18.2 Å². The van der Waals surface area contributed by atoms with Gasteiger partial charge in [-0.2, -0.15) is 4.37 Å². The van der Waals surface area contributed by atoms with Crippen LogP contribution in [0.2, 0.25) is 0 Å². The maximum Gasteiger partial charge on any atom is 0.0629 e. The van der Waals surface area contributed by atoms with Gasteiger partial charge in [0.2, 0.25) is 0 Å². The second-order valence-electron chi connectivity index (χ2n) is 2.17. The van der Waals surface area contributed by atoms with E-state index in [1.54, 1.807) is 6.20 Å². The van der Waals surface area contributed by atoms with Crippen LogP contribution < -0.4 is 0 Å². The molecule has 0 aliphatic carbocycles. The van der Waals surface area contributed by atoms with E-state index in [0.29, 0.717) is 0 Å². The maximum atomic E-state index is 3.98. The summed E-state index contributed by atoms with van der Waals surface area (Å²) in [5.41, 5.74) is 1.19. The van der Waals surface area contributed by atoms with E-state index < -0.39 is 0 Å². The quantitative estimate of drug-likeness (QED) is 0.625. The fraction of sp³-hybridized carbons (Fsp3) is 0. The van der Waals surface area contributed by atoms with Crippen LogP contribution in [-0.4, -0.2) is 4.37 Å².